The Hall–Kier alpha value is -2.11. The number of nitrogens with zero attached hydrogens (tertiary/aromatic N) is 1. The van der Waals surface area contributed by atoms with Gasteiger partial charge in [-0.25, -0.2) is 14.2 Å². The van der Waals surface area contributed by atoms with Crippen LogP contribution in [0.5, 0.6) is 0 Å². The SMILES string of the molecule is O=C1NC(NC2CC2)=NC(c2ccc(F)cc2)N1. The molecule has 2 amide bonds. The monoisotopic (exact) mass is 248 g/mol. The molecule has 1 aromatic rings. The fourth-order valence-corrected chi connectivity index (χ4v) is 1.76. The number of carbonyl (C=O) groups is 1. The summed E-state index contributed by atoms with van der Waals surface area (Å²) in [4.78, 5) is 15.9. The standard InChI is InChI=1S/C12H13FN4O/c13-8-3-1-7(2-4-8)10-15-11(14-9-5-6-9)17-12(18)16-10/h1-4,9-10H,5-6H2,(H3,14,15,16,17,18). The van der Waals surface area contributed by atoms with Crippen molar-refractivity contribution in [2.45, 2.75) is 25.0 Å². The van der Waals surface area contributed by atoms with E-state index in [4.69, 9.17) is 0 Å². The minimum Gasteiger partial charge on any atom is -0.353 e. The molecule has 1 aromatic carbocycles. The van der Waals surface area contributed by atoms with Gasteiger partial charge in [0.1, 0.15) is 5.82 Å². The molecule has 1 aliphatic heterocycles. The van der Waals surface area contributed by atoms with Gasteiger partial charge in [0.2, 0.25) is 5.96 Å². The minimum absolute atomic E-state index is 0.303. The van der Waals surface area contributed by atoms with Gasteiger partial charge in [-0.05, 0) is 30.5 Å². The van der Waals surface area contributed by atoms with E-state index in [1.54, 1.807) is 12.1 Å². The van der Waals surface area contributed by atoms with E-state index in [2.05, 4.69) is 20.9 Å². The van der Waals surface area contributed by atoms with E-state index in [9.17, 15) is 9.18 Å². The second-order valence-corrected chi connectivity index (χ2v) is 4.45. The molecular weight excluding hydrogens is 235 g/mol. The van der Waals surface area contributed by atoms with Crippen molar-refractivity contribution in [3.8, 4) is 0 Å². The van der Waals surface area contributed by atoms with Gasteiger partial charge in [0, 0.05) is 6.04 Å². The first-order valence-electron chi connectivity index (χ1n) is 5.88. The fourth-order valence-electron chi connectivity index (χ4n) is 1.76. The molecule has 18 heavy (non-hydrogen) atoms. The van der Waals surface area contributed by atoms with Gasteiger partial charge in [0.15, 0.2) is 6.17 Å². The van der Waals surface area contributed by atoms with Crippen molar-refractivity contribution in [3.05, 3.63) is 35.6 Å². The van der Waals surface area contributed by atoms with Crippen LogP contribution in [0.1, 0.15) is 24.6 Å². The number of nitrogens with one attached hydrogen (secondary N) is 3. The Balaban J connectivity index is 1.81. The molecule has 94 valence electrons. The molecule has 0 saturated heterocycles. The molecular formula is C12H13FN4O. The maximum atomic E-state index is 12.8. The Kier molecular flexibility index (Phi) is 2.62. The van der Waals surface area contributed by atoms with Gasteiger partial charge in [-0.3, -0.25) is 5.32 Å². The number of carbonyl (C=O) groups excluding carboxylic acids is 1. The zero-order chi connectivity index (χ0) is 12.5. The third-order valence-electron chi connectivity index (χ3n) is 2.86. The highest BCUT2D eigenvalue weighted by Gasteiger charge is 2.26. The van der Waals surface area contributed by atoms with Crippen molar-refractivity contribution < 1.29 is 9.18 Å². The molecule has 3 N–H and O–H groups in total. The Morgan fingerprint density at radius 2 is 2.00 bits per heavy atom. The van der Waals surface area contributed by atoms with Crippen LogP contribution >= 0.6 is 0 Å². The number of benzene rings is 1. The van der Waals surface area contributed by atoms with Crippen molar-refractivity contribution in [3.63, 3.8) is 0 Å². The van der Waals surface area contributed by atoms with Gasteiger partial charge in [-0.1, -0.05) is 12.1 Å². The molecule has 3 rings (SSSR count). The average molecular weight is 248 g/mol. The third kappa shape index (κ3) is 2.42. The predicted octanol–water partition coefficient (Wildman–Crippen LogP) is 1.25. The Morgan fingerprint density at radius 1 is 1.28 bits per heavy atom. The highest BCUT2D eigenvalue weighted by Crippen LogP contribution is 2.20. The number of guanidine groups is 1. The smallest absolute Gasteiger partial charge is 0.323 e. The molecule has 1 unspecified atom stereocenters. The summed E-state index contributed by atoms with van der Waals surface area (Å²) in [5.74, 6) is 0.176. The Labute approximate surface area is 103 Å². The number of hydrogen-bond acceptors (Lipinski definition) is 3. The predicted molar refractivity (Wildman–Crippen MR) is 64.4 cm³/mol. The highest BCUT2D eigenvalue weighted by atomic mass is 19.1. The summed E-state index contributed by atoms with van der Waals surface area (Å²) in [6, 6.07) is 6.05. The first-order chi connectivity index (χ1) is 8.70. The molecule has 5 nitrogen and oxygen atoms in total. The molecule has 2 aliphatic rings. The number of aliphatic imine (C=N–C) groups is 1. The lowest BCUT2D eigenvalue weighted by Crippen LogP contribution is -2.51. The van der Waals surface area contributed by atoms with Crippen molar-refractivity contribution >= 4 is 12.0 Å². The van der Waals surface area contributed by atoms with Gasteiger partial charge in [0.05, 0.1) is 0 Å². The average Bonchev–Trinajstić information content (AvgIpc) is 3.13. The number of urea groups is 1. The van der Waals surface area contributed by atoms with Gasteiger partial charge in [-0.2, -0.15) is 0 Å². The largest absolute Gasteiger partial charge is 0.353 e. The van der Waals surface area contributed by atoms with E-state index in [0.29, 0.717) is 12.0 Å². The second-order valence-electron chi connectivity index (χ2n) is 4.45. The summed E-state index contributed by atoms with van der Waals surface area (Å²) in [5.41, 5.74) is 0.751. The number of amides is 2. The molecule has 1 aliphatic carbocycles. The van der Waals surface area contributed by atoms with Crippen molar-refractivity contribution in [2.75, 3.05) is 0 Å². The topological polar surface area (TPSA) is 65.5 Å². The lowest BCUT2D eigenvalue weighted by atomic mass is 10.1. The van der Waals surface area contributed by atoms with Crippen LogP contribution in [-0.4, -0.2) is 18.0 Å². The molecule has 1 saturated carbocycles. The minimum atomic E-state index is -0.472. The van der Waals surface area contributed by atoms with E-state index >= 15 is 0 Å². The molecule has 0 radical (unpaired) electrons. The van der Waals surface area contributed by atoms with Gasteiger partial charge >= 0.3 is 6.03 Å². The van der Waals surface area contributed by atoms with Gasteiger partial charge in [0.25, 0.3) is 0 Å². The summed E-state index contributed by atoms with van der Waals surface area (Å²) in [7, 11) is 0. The van der Waals surface area contributed by atoms with Crippen molar-refractivity contribution in [2.24, 2.45) is 4.99 Å². The van der Waals surface area contributed by atoms with Crippen LogP contribution in [0.4, 0.5) is 9.18 Å². The summed E-state index contributed by atoms with van der Waals surface area (Å²) in [6.07, 6.45) is 1.73. The molecule has 6 heteroatoms. The zero-order valence-corrected chi connectivity index (χ0v) is 9.61. The second kappa shape index (κ2) is 4.29. The lowest BCUT2D eigenvalue weighted by Gasteiger charge is -2.23. The van der Waals surface area contributed by atoms with Crippen LogP contribution < -0.4 is 16.0 Å². The van der Waals surface area contributed by atoms with Crippen LogP contribution in [0, 0.1) is 5.82 Å². The lowest BCUT2D eigenvalue weighted by molar-refractivity contribution is 0.239. The maximum absolute atomic E-state index is 12.8. The van der Waals surface area contributed by atoms with Crippen LogP contribution in [0.15, 0.2) is 29.3 Å². The number of rotatable bonds is 2. The molecule has 1 fully saturated rings. The first-order valence-corrected chi connectivity index (χ1v) is 5.88. The first kappa shape index (κ1) is 11.0. The Morgan fingerprint density at radius 3 is 2.67 bits per heavy atom. The van der Waals surface area contributed by atoms with E-state index in [1.807, 2.05) is 0 Å². The van der Waals surface area contributed by atoms with Crippen molar-refractivity contribution in [1.82, 2.24) is 16.0 Å². The molecule has 0 spiro atoms. The van der Waals surface area contributed by atoms with Crippen LogP contribution in [0.2, 0.25) is 0 Å². The summed E-state index contributed by atoms with van der Waals surface area (Å²) in [5, 5.41) is 8.43. The van der Waals surface area contributed by atoms with E-state index in [1.165, 1.54) is 12.1 Å². The molecule has 0 bridgehead atoms. The van der Waals surface area contributed by atoms with Gasteiger partial charge < -0.3 is 10.6 Å². The summed E-state index contributed by atoms with van der Waals surface area (Å²) in [6.45, 7) is 0. The molecule has 0 aromatic heterocycles. The quantitative estimate of drug-likeness (QED) is 0.737. The molecule has 1 atom stereocenters. The summed E-state index contributed by atoms with van der Waals surface area (Å²) >= 11 is 0. The van der Waals surface area contributed by atoms with E-state index < -0.39 is 6.17 Å². The maximum Gasteiger partial charge on any atom is 0.323 e. The van der Waals surface area contributed by atoms with E-state index in [0.717, 1.165) is 18.4 Å². The highest BCUT2D eigenvalue weighted by molar-refractivity contribution is 5.98. The van der Waals surface area contributed by atoms with Gasteiger partial charge in [-0.15, -0.1) is 0 Å². The molecule has 1 heterocycles. The van der Waals surface area contributed by atoms with Crippen molar-refractivity contribution in [1.29, 1.82) is 0 Å². The van der Waals surface area contributed by atoms with Crippen LogP contribution in [-0.2, 0) is 0 Å². The number of halogens is 1. The fraction of sp³-hybridized carbons (Fsp3) is 0.333. The number of hydrogen-bond donors (Lipinski definition) is 3. The van der Waals surface area contributed by atoms with Crippen LogP contribution in [0.25, 0.3) is 0 Å². The van der Waals surface area contributed by atoms with E-state index in [-0.39, 0.29) is 11.8 Å². The Bertz CT molecular complexity index is 495. The normalized spacial score (nSPS) is 22.8. The summed E-state index contributed by atoms with van der Waals surface area (Å²) < 4.78 is 12.8. The zero-order valence-electron chi connectivity index (χ0n) is 9.61. The third-order valence-corrected chi connectivity index (χ3v) is 2.86. The van der Waals surface area contributed by atoms with Crippen LogP contribution in [0.3, 0.4) is 0 Å².